The molecule has 0 fully saturated rings. The number of benzene rings is 1. The molecule has 0 amide bonds. The van der Waals surface area contributed by atoms with E-state index in [9.17, 15) is 18.3 Å². The summed E-state index contributed by atoms with van der Waals surface area (Å²) in [6, 6.07) is 7.66. The van der Waals surface area contributed by atoms with Crippen LogP contribution >= 0.6 is 0 Å². The highest BCUT2D eigenvalue weighted by molar-refractivity contribution is 5.69. The fraction of sp³-hybridized carbons (Fsp3) is 0.300. The molecule has 0 heterocycles. The highest BCUT2D eigenvalue weighted by atomic mass is 19.4. The summed E-state index contributed by atoms with van der Waals surface area (Å²) in [5.41, 5.74) is -2.86. The van der Waals surface area contributed by atoms with Crippen LogP contribution in [0.5, 0.6) is 0 Å². The first kappa shape index (κ1) is 12.5. The SMILES string of the molecule is ON=CC(O)(Cc1ccccc1)C(F)(F)F. The van der Waals surface area contributed by atoms with E-state index in [1.165, 1.54) is 12.1 Å². The van der Waals surface area contributed by atoms with E-state index in [1.54, 1.807) is 18.2 Å². The minimum atomic E-state index is -4.89. The zero-order valence-corrected chi connectivity index (χ0v) is 8.15. The van der Waals surface area contributed by atoms with Gasteiger partial charge in [0, 0.05) is 6.42 Å². The van der Waals surface area contributed by atoms with Gasteiger partial charge >= 0.3 is 6.18 Å². The molecule has 0 saturated heterocycles. The first-order valence-corrected chi connectivity index (χ1v) is 4.41. The van der Waals surface area contributed by atoms with E-state index in [0.29, 0.717) is 5.56 Å². The fourth-order valence-corrected chi connectivity index (χ4v) is 1.22. The van der Waals surface area contributed by atoms with E-state index in [4.69, 9.17) is 5.21 Å². The van der Waals surface area contributed by atoms with Gasteiger partial charge in [-0.1, -0.05) is 35.5 Å². The molecule has 0 aliphatic heterocycles. The maximum absolute atomic E-state index is 12.5. The van der Waals surface area contributed by atoms with Crippen LogP contribution in [0.3, 0.4) is 0 Å². The normalized spacial score (nSPS) is 16.2. The second kappa shape index (κ2) is 4.52. The van der Waals surface area contributed by atoms with Crippen molar-refractivity contribution in [3.05, 3.63) is 35.9 Å². The van der Waals surface area contributed by atoms with Gasteiger partial charge in [-0.25, -0.2) is 0 Å². The third-order valence-electron chi connectivity index (χ3n) is 2.08. The van der Waals surface area contributed by atoms with Crippen LogP contribution in [-0.2, 0) is 6.42 Å². The van der Waals surface area contributed by atoms with E-state index < -0.39 is 18.2 Å². The summed E-state index contributed by atoms with van der Waals surface area (Å²) in [6.45, 7) is 0. The standard InChI is InChI=1S/C10H10F3NO2/c11-10(12,13)9(15,7-14-16)6-8-4-2-1-3-5-8/h1-5,7,15-16H,6H2. The van der Waals surface area contributed by atoms with Gasteiger partial charge in [-0.3, -0.25) is 0 Å². The van der Waals surface area contributed by atoms with Crippen molar-refractivity contribution in [2.75, 3.05) is 0 Å². The van der Waals surface area contributed by atoms with Crippen LogP contribution in [0.1, 0.15) is 5.56 Å². The van der Waals surface area contributed by atoms with Gasteiger partial charge in [0.05, 0.1) is 6.21 Å². The molecule has 0 aromatic heterocycles. The molecule has 1 atom stereocenters. The van der Waals surface area contributed by atoms with Gasteiger partial charge in [0.25, 0.3) is 0 Å². The summed E-state index contributed by atoms with van der Waals surface area (Å²) < 4.78 is 37.6. The van der Waals surface area contributed by atoms with Gasteiger partial charge in [-0.05, 0) is 5.56 Å². The third kappa shape index (κ3) is 2.73. The number of oxime groups is 1. The van der Waals surface area contributed by atoms with Gasteiger partial charge < -0.3 is 10.3 Å². The van der Waals surface area contributed by atoms with Crippen LogP contribution in [0, 0.1) is 0 Å². The molecule has 0 saturated carbocycles. The monoisotopic (exact) mass is 233 g/mol. The Morgan fingerprint density at radius 3 is 2.19 bits per heavy atom. The van der Waals surface area contributed by atoms with Crippen LogP contribution in [-0.4, -0.2) is 28.3 Å². The largest absolute Gasteiger partial charge is 0.422 e. The minimum absolute atomic E-state index is 0.0833. The van der Waals surface area contributed by atoms with Crippen molar-refractivity contribution in [1.29, 1.82) is 0 Å². The third-order valence-corrected chi connectivity index (χ3v) is 2.08. The van der Waals surface area contributed by atoms with Gasteiger partial charge in [0.2, 0.25) is 5.60 Å². The quantitative estimate of drug-likeness (QED) is 0.476. The van der Waals surface area contributed by atoms with Gasteiger partial charge in [0.15, 0.2) is 0 Å². The van der Waals surface area contributed by atoms with Gasteiger partial charge in [-0.2, -0.15) is 13.2 Å². The first-order valence-electron chi connectivity index (χ1n) is 4.41. The van der Waals surface area contributed by atoms with Crippen molar-refractivity contribution in [3.8, 4) is 0 Å². The molecule has 1 aromatic carbocycles. The van der Waals surface area contributed by atoms with Crippen molar-refractivity contribution in [2.45, 2.75) is 18.2 Å². The van der Waals surface area contributed by atoms with Crippen molar-refractivity contribution in [3.63, 3.8) is 0 Å². The van der Waals surface area contributed by atoms with Crippen LogP contribution < -0.4 is 0 Å². The molecule has 0 radical (unpaired) electrons. The Labute approximate surface area is 89.8 Å². The second-order valence-corrected chi connectivity index (χ2v) is 3.33. The molecule has 0 aliphatic rings. The molecule has 3 nitrogen and oxygen atoms in total. The number of rotatable bonds is 3. The Morgan fingerprint density at radius 1 is 1.19 bits per heavy atom. The molecular formula is C10H10F3NO2. The minimum Gasteiger partial charge on any atom is -0.411 e. The summed E-state index contributed by atoms with van der Waals surface area (Å²) in [7, 11) is 0. The van der Waals surface area contributed by atoms with Crippen molar-refractivity contribution >= 4 is 6.21 Å². The lowest BCUT2D eigenvalue weighted by molar-refractivity contribution is -0.228. The van der Waals surface area contributed by atoms with E-state index in [-0.39, 0.29) is 6.21 Å². The Morgan fingerprint density at radius 2 is 1.75 bits per heavy atom. The van der Waals surface area contributed by atoms with Gasteiger partial charge in [0.1, 0.15) is 0 Å². The number of hydrogen-bond donors (Lipinski definition) is 2. The molecule has 88 valence electrons. The zero-order chi connectivity index (χ0) is 12.2. The maximum Gasteiger partial charge on any atom is 0.422 e. The Hall–Kier alpha value is -1.56. The molecule has 1 aromatic rings. The number of nitrogens with zero attached hydrogens (tertiary/aromatic N) is 1. The van der Waals surface area contributed by atoms with Crippen LogP contribution in [0.25, 0.3) is 0 Å². The highest BCUT2D eigenvalue weighted by Gasteiger charge is 2.52. The number of halogens is 3. The summed E-state index contributed by atoms with van der Waals surface area (Å²) in [5, 5.41) is 19.8. The molecule has 6 heteroatoms. The van der Waals surface area contributed by atoms with Crippen LogP contribution in [0.2, 0.25) is 0 Å². The second-order valence-electron chi connectivity index (χ2n) is 3.33. The molecular weight excluding hydrogens is 223 g/mol. The smallest absolute Gasteiger partial charge is 0.411 e. The molecule has 1 unspecified atom stereocenters. The van der Waals surface area contributed by atoms with Crippen molar-refractivity contribution in [2.24, 2.45) is 5.16 Å². The zero-order valence-electron chi connectivity index (χ0n) is 8.15. The maximum atomic E-state index is 12.5. The van der Waals surface area contributed by atoms with Crippen molar-refractivity contribution in [1.82, 2.24) is 0 Å². The highest BCUT2D eigenvalue weighted by Crippen LogP contribution is 2.31. The molecule has 1 rings (SSSR count). The van der Waals surface area contributed by atoms with E-state index in [2.05, 4.69) is 5.16 Å². The summed E-state index contributed by atoms with van der Waals surface area (Å²) >= 11 is 0. The molecule has 2 N–H and O–H groups in total. The molecule has 0 aliphatic carbocycles. The van der Waals surface area contributed by atoms with Crippen LogP contribution in [0.4, 0.5) is 13.2 Å². The topological polar surface area (TPSA) is 52.8 Å². The van der Waals surface area contributed by atoms with Gasteiger partial charge in [-0.15, -0.1) is 0 Å². The first-order chi connectivity index (χ1) is 7.39. The lowest BCUT2D eigenvalue weighted by atomic mass is 9.95. The van der Waals surface area contributed by atoms with Crippen LogP contribution in [0.15, 0.2) is 35.5 Å². The van der Waals surface area contributed by atoms with E-state index in [0.717, 1.165) is 0 Å². The lowest BCUT2D eigenvalue weighted by Gasteiger charge is -2.25. The fourth-order valence-electron chi connectivity index (χ4n) is 1.22. The summed E-state index contributed by atoms with van der Waals surface area (Å²) in [4.78, 5) is 0. The number of hydrogen-bond acceptors (Lipinski definition) is 3. The molecule has 0 bridgehead atoms. The summed E-state index contributed by atoms with van der Waals surface area (Å²) in [6.07, 6.45) is -5.50. The van der Waals surface area contributed by atoms with E-state index >= 15 is 0 Å². The van der Waals surface area contributed by atoms with E-state index in [1.807, 2.05) is 0 Å². The Balaban J connectivity index is 2.97. The number of aliphatic hydroxyl groups is 1. The predicted molar refractivity (Wildman–Crippen MR) is 51.4 cm³/mol. The average molecular weight is 233 g/mol. The summed E-state index contributed by atoms with van der Waals surface area (Å²) in [5.74, 6) is 0. The molecule has 0 spiro atoms. The lowest BCUT2D eigenvalue weighted by Crippen LogP contribution is -2.48. The Bertz CT molecular complexity index is 364. The average Bonchev–Trinajstić information content (AvgIpc) is 2.17. The predicted octanol–water partition coefficient (Wildman–Crippen LogP) is 1.98. The Kier molecular flexibility index (Phi) is 3.54. The molecule has 16 heavy (non-hydrogen) atoms. The van der Waals surface area contributed by atoms with Crippen molar-refractivity contribution < 1.29 is 23.5 Å². The number of alkyl halides is 3.